The second kappa shape index (κ2) is 14.7. The van der Waals surface area contributed by atoms with Gasteiger partial charge in [-0.15, -0.1) is 0 Å². The molecule has 1 heterocycles. The number of hydrogen-bond acceptors (Lipinski definition) is 6. The lowest BCUT2D eigenvalue weighted by Crippen LogP contribution is -2.24. The van der Waals surface area contributed by atoms with Gasteiger partial charge in [-0.3, -0.25) is 9.59 Å². The second-order valence-corrected chi connectivity index (χ2v) is 9.84. The number of anilines is 1. The molecule has 0 aromatic heterocycles. The van der Waals surface area contributed by atoms with Crippen molar-refractivity contribution >= 4 is 18.4 Å². The predicted molar refractivity (Wildman–Crippen MR) is 134 cm³/mol. The van der Waals surface area contributed by atoms with Crippen LogP contribution < -0.4 is 10.1 Å². The lowest BCUT2D eigenvalue weighted by molar-refractivity contribution is -0.120. The van der Waals surface area contributed by atoms with E-state index in [0.717, 1.165) is 30.6 Å². The molecular formula is C26H44N2O4. The van der Waals surface area contributed by atoms with E-state index in [0.29, 0.717) is 12.2 Å². The van der Waals surface area contributed by atoms with Crippen LogP contribution in [0.25, 0.3) is 0 Å². The molecular weight excluding hydrogens is 404 g/mol. The quantitative estimate of drug-likeness (QED) is 0.487. The number of carbonyl (C=O) groups is 2. The van der Waals surface area contributed by atoms with Crippen molar-refractivity contribution in [1.29, 1.82) is 0 Å². The maximum Gasteiger partial charge on any atom is 0.298 e. The minimum atomic E-state index is -0.0788. The summed E-state index contributed by atoms with van der Waals surface area (Å²) in [6.45, 7) is 15.6. The fraction of sp³-hybridized carbons (Fsp3) is 0.615. The van der Waals surface area contributed by atoms with Crippen LogP contribution >= 0.6 is 0 Å². The SMILES string of the molecule is CNc1cc(OC=O)c(C(C)(C)C)cc1C(C)(C)C.COC.O=C/C=C/N1CCCCC1. The Balaban J connectivity index is 0.000000615. The molecule has 0 aliphatic carbocycles. The molecule has 1 aromatic carbocycles. The molecule has 0 amide bonds. The summed E-state index contributed by atoms with van der Waals surface area (Å²) in [5.41, 5.74) is 3.21. The van der Waals surface area contributed by atoms with E-state index in [2.05, 4.69) is 62.6 Å². The van der Waals surface area contributed by atoms with Gasteiger partial charge in [0.15, 0.2) is 0 Å². The van der Waals surface area contributed by atoms with Crippen LogP contribution in [-0.4, -0.2) is 52.0 Å². The number of carbonyl (C=O) groups excluding carboxylic acids is 2. The summed E-state index contributed by atoms with van der Waals surface area (Å²) in [7, 11) is 5.13. The number of likely N-dealkylation sites (tertiary alicyclic amines) is 1. The number of ether oxygens (including phenoxy) is 2. The molecule has 1 aliphatic heterocycles. The highest BCUT2D eigenvalue weighted by Crippen LogP contribution is 2.39. The monoisotopic (exact) mass is 448 g/mol. The van der Waals surface area contributed by atoms with E-state index in [1.54, 1.807) is 20.3 Å². The van der Waals surface area contributed by atoms with E-state index in [1.807, 2.05) is 19.3 Å². The Kier molecular flexibility index (Phi) is 13.6. The van der Waals surface area contributed by atoms with Crippen LogP contribution in [0.4, 0.5) is 5.69 Å². The first-order chi connectivity index (χ1) is 15.0. The van der Waals surface area contributed by atoms with Gasteiger partial charge in [0.2, 0.25) is 0 Å². The summed E-state index contributed by atoms with van der Waals surface area (Å²) >= 11 is 0. The van der Waals surface area contributed by atoms with E-state index in [-0.39, 0.29) is 10.8 Å². The number of piperidine rings is 1. The van der Waals surface area contributed by atoms with Crippen molar-refractivity contribution in [3.8, 4) is 5.75 Å². The maximum atomic E-state index is 10.7. The minimum Gasteiger partial charge on any atom is -0.428 e. The van der Waals surface area contributed by atoms with E-state index in [1.165, 1.54) is 24.8 Å². The van der Waals surface area contributed by atoms with Gasteiger partial charge in [-0.2, -0.15) is 0 Å². The van der Waals surface area contributed by atoms with Gasteiger partial charge in [0, 0.05) is 57.9 Å². The molecule has 6 heteroatoms. The molecule has 0 spiro atoms. The Morgan fingerprint density at radius 2 is 1.44 bits per heavy atom. The topological polar surface area (TPSA) is 67.9 Å². The van der Waals surface area contributed by atoms with Gasteiger partial charge >= 0.3 is 0 Å². The van der Waals surface area contributed by atoms with Crippen LogP contribution in [0.2, 0.25) is 0 Å². The van der Waals surface area contributed by atoms with Crippen molar-refractivity contribution in [3.05, 3.63) is 35.5 Å². The van der Waals surface area contributed by atoms with Crippen molar-refractivity contribution < 1.29 is 19.1 Å². The summed E-state index contributed by atoms with van der Waals surface area (Å²) in [4.78, 5) is 22.8. The van der Waals surface area contributed by atoms with Crippen LogP contribution in [0.1, 0.15) is 71.9 Å². The summed E-state index contributed by atoms with van der Waals surface area (Å²) in [6.07, 6.45) is 8.14. The highest BCUT2D eigenvalue weighted by molar-refractivity contribution is 5.64. The molecule has 182 valence electrons. The Labute approximate surface area is 195 Å². The van der Waals surface area contributed by atoms with Gasteiger partial charge < -0.3 is 19.7 Å². The molecule has 1 aliphatic rings. The van der Waals surface area contributed by atoms with Crippen molar-refractivity contribution in [2.75, 3.05) is 39.7 Å². The third-order valence-corrected chi connectivity index (χ3v) is 4.95. The number of benzene rings is 1. The first kappa shape index (κ1) is 29.7. The second-order valence-electron chi connectivity index (χ2n) is 9.84. The first-order valence-corrected chi connectivity index (χ1v) is 11.2. The molecule has 1 aromatic rings. The molecule has 2 rings (SSSR count). The van der Waals surface area contributed by atoms with Crippen LogP contribution in [0.15, 0.2) is 24.4 Å². The predicted octanol–water partition coefficient (Wildman–Crippen LogP) is 5.31. The number of aldehydes is 1. The number of nitrogens with zero attached hydrogens (tertiary/aromatic N) is 1. The first-order valence-electron chi connectivity index (χ1n) is 11.2. The zero-order valence-corrected chi connectivity index (χ0v) is 21.6. The van der Waals surface area contributed by atoms with Crippen LogP contribution in [0.3, 0.4) is 0 Å². The van der Waals surface area contributed by atoms with Crippen molar-refractivity contribution in [2.45, 2.75) is 71.6 Å². The van der Waals surface area contributed by atoms with Crippen molar-refractivity contribution in [1.82, 2.24) is 4.90 Å². The fourth-order valence-corrected chi connectivity index (χ4v) is 3.37. The van der Waals surface area contributed by atoms with Gasteiger partial charge in [0.05, 0.1) is 0 Å². The fourth-order valence-electron chi connectivity index (χ4n) is 3.37. The molecule has 0 saturated carbocycles. The van der Waals surface area contributed by atoms with E-state index < -0.39 is 0 Å². The van der Waals surface area contributed by atoms with Crippen molar-refractivity contribution in [2.24, 2.45) is 0 Å². The zero-order chi connectivity index (χ0) is 24.8. The number of methoxy groups -OCH3 is 1. The Hall–Kier alpha value is -2.34. The Morgan fingerprint density at radius 1 is 0.906 bits per heavy atom. The smallest absolute Gasteiger partial charge is 0.298 e. The normalized spacial score (nSPS) is 14.0. The zero-order valence-electron chi connectivity index (χ0n) is 21.6. The number of allylic oxidation sites excluding steroid dienone is 1. The molecule has 0 atom stereocenters. The van der Waals surface area contributed by atoms with E-state index in [4.69, 9.17) is 4.74 Å². The van der Waals surface area contributed by atoms with E-state index >= 15 is 0 Å². The standard InChI is InChI=1S/C16H25NO2.C8H13NO.C2H6O/c1-15(2,3)11-8-12(16(4,5)6)14(19-10-18)9-13(11)17-7;10-8-4-7-9-5-2-1-3-6-9;1-3-2/h8-10,17H,1-7H3;4,7-8H,1-3,5-6H2;1-2H3/b;7-4+;. The highest BCUT2D eigenvalue weighted by Gasteiger charge is 2.25. The number of rotatable bonds is 5. The Bertz CT molecular complexity index is 710. The molecule has 0 unspecified atom stereocenters. The summed E-state index contributed by atoms with van der Waals surface area (Å²) < 4.78 is 9.40. The van der Waals surface area contributed by atoms with Gasteiger partial charge in [-0.05, 0) is 47.8 Å². The largest absolute Gasteiger partial charge is 0.428 e. The molecule has 1 saturated heterocycles. The average molecular weight is 449 g/mol. The summed E-state index contributed by atoms with van der Waals surface area (Å²) in [5, 5.41) is 3.18. The van der Waals surface area contributed by atoms with Crippen molar-refractivity contribution in [3.63, 3.8) is 0 Å². The van der Waals surface area contributed by atoms with Crippen LogP contribution in [0, 0.1) is 0 Å². The molecule has 32 heavy (non-hydrogen) atoms. The highest BCUT2D eigenvalue weighted by atomic mass is 16.5. The minimum absolute atomic E-state index is 0.0258. The van der Waals surface area contributed by atoms with Gasteiger partial charge in [-0.25, -0.2) is 0 Å². The molecule has 0 bridgehead atoms. The van der Waals surface area contributed by atoms with Gasteiger partial charge in [-0.1, -0.05) is 41.5 Å². The van der Waals surface area contributed by atoms with E-state index in [9.17, 15) is 9.59 Å². The van der Waals surface area contributed by atoms with Gasteiger partial charge in [0.1, 0.15) is 12.0 Å². The number of nitrogens with one attached hydrogen (secondary N) is 1. The Morgan fingerprint density at radius 3 is 1.84 bits per heavy atom. The molecule has 1 fully saturated rings. The summed E-state index contributed by atoms with van der Waals surface area (Å²) in [6, 6.07) is 4.06. The maximum absolute atomic E-state index is 10.7. The molecule has 0 radical (unpaired) electrons. The average Bonchev–Trinajstić information content (AvgIpc) is 2.72. The van der Waals surface area contributed by atoms with Crippen LogP contribution in [-0.2, 0) is 25.2 Å². The molecule has 1 N–H and O–H groups in total. The lowest BCUT2D eigenvalue weighted by atomic mass is 9.79. The molecule has 6 nitrogen and oxygen atoms in total. The third-order valence-electron chi connectivity index (χ3n) is 4.95. The van der Waals surface area contributed by atoms with Crippen LogP contribution in [0.5, 0.6) is 5.75 Å². The summed E-state index contributed by atoms with van der Waals surface area (Å²) in [5.74, 6) is 0.625. The lowest BCUT2D eigenvalue weighted by Gasteiger charge is -2.28. The van der Waals surface area contributed by atoms with Gasteiger partial charge in [0.25, 0.3) is 6.47 Å². The third kappa shape index (κ3) is 10.8. The number of hydrogen-bond donors (Lipinski definition) is 1.